The van der Waals surface area contributed by atoms with Gasteiger partial charge in [-0.1, -0.05) is 13.3 Å². The molecule has 0 aliphatic heterocycles. The molecular weight excluding hydrogens is 406 g/mol. The fourth-order valence-electron chi connectivity index (χ4n) is 3.58. The molecule has 0 bridgehead atoms. The second kappa shape index (κ2) is 9.21. The summed E-state index contributed by atoms with van der Waals surface area (Å²) in [4.78, 5) is 29.3. The van der Waals surface area contributed by atoms with Crippen molar-refractivity contribution in [3.63, 3.8) is 0 Å². The third-order valence-electron chi connectivity index (χ3n) is 5.89. The van der Waals surface area contributed by atoms with E-state index in [1.165, 1.54) is 16.9 Å². The number of hydrogen-bond donors (Lipinski definition) is 3. The second-order valence-electron chi connectivity index (χ2n) is 8.18. The highest BCUT2D eigenvalue weighted by molar-refractivity contribution is 6.04. The number of hydrogen-bond acceptors (Lipinski definition) is 5. The van der Waals surface area contributed by atoms with E-state index in [1.807, 2.05) is 19.9 Å². The summed E-state index contributed by atoms with van der Waals surface area (Å²) >= 11 is 0. The Balaban J connectivity index is 1.64. The molecule has 0 radical (unpaired) electrons. The van der Waals surface area contributed by atoms with Crippen molar-refractivity contribution in [1.82, 2.24) is 20.1 Å². The summed E-state index contributed by atoms with van der Waals surface area (Å²) in [5, 5.41) is 20.8. The quantitative estimate of drug-likeness (QED) is 0.495. The number of carbonyl (C=O) groups excluding carboxylic acids is 2. The first kappa shape index (κ1) is 21.5. The molecule has 3 N–H and O–H groups in total. The van der Waals surface area contributed by atoms with Gasteiger partial charge in [0.15, 0.2) is 0 Å². The Hall–Kier alpha value is -3.68. The largest absolute Gasteiger partial charge is 0.507 e. The van der Waals surface area contributed by atoms with Crippen LogP contribution >= 0.6 is 0 Å². The molecule has 3 aromatic rings. The maximum atomic E-state index is 12.8. The van der Waals surface area contributed by atoms with E-state index in [-0.39, 0.29) is 29.6 Å². The Morgan fingerprint density at radius 1 is 1.25 bits per heavy atom. The molecule has 1 aliphatic carbocycles. The first-order chi connectivity index (χ1) is 15.5. The van der Waals surface area contributed by atoms with Crippen molar-refractivity contribution in [3.05, 3.63) is 60.0 Å². The number of anilines is 1. The summed E-state index contributed by atoms with van der Waals surface area (Å²) in [6, 6.07) is 9.77. The van der Waals surface area contributed by atoms with E-state index in [1.54, 1.807) is 30.5 Å². The Kier molecular flexibility index (Phi) is 6.20. The van der Waals surface area contributed by atoms with Gasteiger partial charge in [0.25, 0.3) is 5.91 Å². The zero-order valence-corrected chi connectivity index (χ0v) is 18.2. The number of aromatic hydroxyl groups is 1. The topological polar surface area (TPSA) is 109 Å². The van der Waals surface area contributed by atoms with Gasteiger partial charge in [0.2, 0.25) is 0 Å². The van der Waals surface area contributed by atoms with Gasteiger partial charge in [0.05, 0.1) is 17.0 Å². The Labute approximate surface area is 186 Å². The molecule has 1 atom stereocenters. The minimum absolute atomic E-state index is 0.0246. The van der Waals surface area contributed by atoms with Crippen molar-refractivity contribution >= 4 is 17.6 Å². The van der Waals surface area contributed by atoms with Crippen LogP contribution in [0.2, 0.25) is 0 Å². The van der Waals surface area contributed by atoms with Crippen LogP contribution in [0.5, 0.6) is 5.75 Å². The van der Waals surface area contributed by atoms with Gasteiger partial charge in [-0.25, -0.2) is 4.79 Å². The third kappa shape index (κ3) is 4.49. The van der Waals surface area contributed by atoms with Gasteiger partial charge in [-0.3, -0.25) is 9.78 Å². The molecule has 1 fully saturated rings. The van der Waals surface area contributed by atoms with Gasteiger partial charge in [0.1, 0.15) is 5.75 Å². The molecule has 1 unspecified atom stereocenters. The third-order valence-corrected chi connectivity index (χ3v) is 5.89. The van der Waals surface area contributed by atoms with Crippen LogP contribution in [0.4, 0.5) is 10.5 Å². The van der Waals surface area contributed by atoms with E-state index in [0.29, 0.717) is 22.5 Å². The summed E-state index contributed by atoms with van der Waals surface area (Å²) in [5.74, 6) is -0.00517. The highest BCUT2D eigenvalue weighted by Gasteiger charge is 2.28. The highest BCUT2D eigenvalue weighted by atomic mass is 16.3. The van der Waals surface area contributed by atoms with Crippen LogP contribution in [0.1, 0.15) is 61.5 Å². The molecule has 4 rings (SSSR count). The number of pyridine rings is 1. The summed E-state index contributed by atoms with van der Waals surface area (Å²) in [6.07, 6.45) is 7.04. The fourth-order valence-corrected chi connectivity index (χ4v) is 3.58. The molecule has 32 heavy (non-hydrogen) atoms. The van der Waals surface area contributed by atoms with Crippen LogP contribution in [-0.4, -0.2) is 37.9 Å². The minimum atomic E-state index is -0.302. The van der Waals surface area contributed by atoms with E-state index in [9.17, 15) is 14.7 Å². The number of aromatic nitrogens is 3. The molecular formula is C24H27N5O3. The first-order valence-corrected chi connectivity index (χ1v) is 10.9. The molecule has 1 aromatic carbocycles. The number of phenols is 1. The number of phenolic OH excluding ortho intramolecular Hbond substituents is 1. The lowest BCUT2D eigenvalue weighted by Gasteiger charge is -2.25. The Morgan fingerprint density at radius 3 is 2.72 bits per heavy atom. The smallest absolute Gasteiger partial charge is 0.342 e. The van der Waals surface area contributed by atoms with Gasteiger partial charge in [-0.2, -0.15) is 9.78 Å². The lowest BCUT2D eigenvalue weighted by molar-refractivity contribution is 0.102. The van der Waals surface area contributed by atoms with Crippen LogP contribution in [0.15, 0.2) is 48.8 Å². The van der Waals surface area contributed by atoms with Gasteiger partial charge in [-0.15, -0.1) is 0 Å². The molecule has 0 saturated heterocycles. The number of nitrogens with zero attached hydrogens (tertiary/aromatic N) is 3. The van der Waals surface area contributed by atoms with Gasteiger partial charge in [-0.05, 0) is 62.6 Å². The normalized spacial score (nSPS) is 14.4. The van der Waals surface area contributed by atoms with E-state index in [2.05, 4.69) is 20.7 Å². The first-order valence-electron chi connectivity index (χ1n) is 10.9. The number of nitrogens with one attached hydrogen (secondary N) is 2. The standard InChI is InChI=1S/C24H27N5O3/c1-3-15(2)26-24(32)29-21(16-6-4-7-16)13-20(28-29)19-12-18(9-10-22(19)30)27-23(31)17-8-5-11-25-14-17/h5,8-16,30H,3-4,6-7H2,1-2H3,(H,26,32)(H,27,31). The highest BCUT2D eigenvalue weighted by Crippen LogP contribution is 2.39. The second-order valence-corrected chi connectivity index (χ2v) is 8.18. The molecule has 2 heterocycles. The average molecular weight is 434 g/mol. The zero-order valence-electron chi connectivity index (χ0n) is 18.2. The van der Waals surface area contributed by atoms with Crippen molar-refractivity contribution in [2.24, 2.45) is 0 Å². The predicted molar refractivity (Wildman–Crippen MR) is 122 cm³/mol. The molecule has 0 spiro atoms. The van der Waals surface area contributed by atoms with Crippen LogP contribution in [0.3, 0.4) is 0 Å². The average Bonchev–Trinajstić information content (AvgIpc) is 3.18. The molecule has 1 aliphatic rings. The van der Waals surface area contributed by atoms with E-state index in [4.69, 9.17) is 0 Å². The van der Waals surface area contributed by atoms with Crippen molar-refractivity contribution in [2.75, 3.05) is 5.32 Å². The van der Waals surface area contributed by atoms with Gasteiger partial charge >= 0.3 is 6.03 Å². The fraction of sp³-hybridized carbons (Fsp3) is 0.333. The minimum Gasteiger partial charge on any atom is -0.507 e. The summed E-state index contributed by atoms with van der Waals surface area (Å²) in [7, 11) is 0. The van der Waals surface area contributed by atoms with E-state index in [0.717, 1.165) is 31.4 Å². The molecule has 8 heteroatoms. The Morgan fingerprint density at radius 2 is 2.06 bits per heavy atom. The molecule has 8 nitrogen and oxygen atoms in total. The molecule has 1 saturated carbocycles. The molecule has 2 aromatic heterocycles. The summed E-state index contributed by atoms with van der Waals surface area (Å²) < 4.78 is 1.42. The number of benzene rings is 1. The van der Waals surface area contributed by atoms with Crippen molar-refractivity contribution < 1.29 is 14.7 Å². The lowest BCUT2D eigenvalue weighted by atomic mass is 9.82. The van der Waals surface area contributed by atoms with E-state index < -0.39 is 0 Å². The summed E-state index contributed by atoms with van der Waals surface area (Å²) in [6.45, 7) is 3.96. The van der Waals surface area contributed by atoms with Crippen molar-refractivity contribution in [1.29, 1.82) is 0 Å². The maximum absolute atomic E-state index is 12.8. The molecule has 2 amide bonds. The monoisotopic (exact) mass is 433 g/mol. The maximum Gasteiger partial charge on any atom is 0.342 e. The van der Waals surface area contributed by atoms with Crippen LogP contribution in [0, 0.1) is 0 Å². The number of carbonyl (C=O) groups is 2. The van der Waals surface area contributed by atoms with Gasteiger partial charge < -0.3 is 15.7 Å². The van der Waals surface area contributed by atoms with Crippen LogP contribution in [-0.2, 0) is 0 Å². The van der Waals surface area contributed by atoms with Crippen molar-refractivity contribution in [2.45, 2.75) is 51.5 Å². The van der Waals surface area contributed by atoms with E-state index >= 15 is 0 Å². The Bertz CT molecular complexity index is 1120. The zero-order chi connectivity index (χ0) is 22.7. The van der Waals surface area contributed by atoms with Crippen molar-refractivity contribution in [3.8, 4) is 17.0 Å². The molecule has 166 valence electrons. The lowest BCUT2D eigenvalue weighted by Crippen LogP contribution is -2.37. The van der Waals surface area contributed by atoms with Crippen LogP contribution < -0.4 is 10.6 Å². The predicted octanol–water partition coefficient (Wildman–Crippen LogP) is 4.53. The van der Waals surface area contributed by atoms with Crippen LogP contribution in [0.25, 0.3) is 11.3 Å². The summed E-state index contributed by atoms with van der Waals surface area (Å²) in [5.41, 5.74) is 2.72. The number of rotatable bonds is 6. The van der Waals surface area contributed by atoms with Gasteiger partial charge in [0, 0.05) is 35.6 Å². The number of amides is 2. The SMILES string of the molecule is CCC(C)NC(=O)n1nc(-c2cc(NC(=O)c3cccnc3)ccc2O)cc1C1CCC1.